The number of aryl methyl sites for hydroxylation is 1. The van der Waals surface area contributed by atoms with Gasteiger partial charge in [0.05, 0.1) is 11.6 Å². The third-order valence-electron chi connectivity index (χ3n) is 3.07. The molecule has 21 heavy (non-hydrogen) atoms. The quantitative estimate of drug-likeness (QED) is 0.650. The fourth-order valence-corrected chi connectivity index (χ4v) is 1.91. The highest BCUT2D eigenvalue weighted by molar-refractivity contribution is 5.79. The maximum absolute atomic E-state index is 9.72. The molecule has 0 unspecified atom stereocenters. The minimum Gasteiger partial charge on any atom is -0.504 e. The zero-order valence-electron chi connectivity index (χ0n) is 11.3. The van der Waals surface area contributed by atoms with Gasteiger partial charge in [0, 0.05) is 11.6 Å². The van der Waals surface area contributed by atoms with Gasteiger partial charge < -0.3 is 10.2 Å². The van der Waals surface area contributed by atoms with Gasteiger partial charge in [0.25, 0.3) is 0 Å². The minimum absolute atomic E-state index is 0.116. The van der Waals surface area contributed by atoms with Crippen LogP contribution in [0.25, 0.3) is 12.2 Å². The highest BCUT2D eigenvalue weighted by atomic mass is 16.3. The van der Waals surface area contributed by atoms with Gasteiger partial charge in [-0.15, -0.1) is 0 Å². The largest absolute Gasteiger partial charge is 0.504 e. The number of hydrogen-bond acceptors (Lipinski definition) is 4. The predicted octanol–water partition coefficient (Wildman–Crippen LogP) is 3.32. The third kappa shape index (κ3) is 2.86. The van der Waals surface area contributed by atoms with E-state index in [4.69, 9.17) is 10.5 Å². The Labute approximate surface area is 122 Å². The van der Waals surface area contributed by atoms with E-state index in [1.165, 1.54) is 0 Å². The number of nitriles is 2. The van der Waals surface area contributed by atoms with E-state index in [2.05, 4.69) is 0 Å². The summed E-state index contributed by atoms with van der Waals surface area (Å²) in [6, 6.07) is 12.6. The molecule has 2 aromatic rings. The van der Waals surface area contributed by atoms with Crippen molar-refractivity contribution >= 4 is 12.2 Å². The molecule has 0 fully saturated rings. The molecule has 0 aliphatic carbocycles. The summed E-state index contributed by atoms with van der Waals surface area (Å²) < 4.78 is 0. The summed E-state index contributed by atoms with van der Waals surface area (Å²) in [6.07, 6.45) is 3.33. The Balaban J connectivity index is 2.54. The van der Waals surface area contributed by atoms with E-state index < -0.39 is 11.5 Å². The van der Waals surface area contributed by atoms with Crippen LogP contribution < -0.4 is 0 Å². The van der Waals surface area contributed by atoms with Gasteiger partial charge in [-0.1, -0.05) is 42.0 Å². The van der Waals surface area contributed by atoms with E-state index in [-0.39, 0.29) is 16.7 Å². The summed E-state index contributed by atoms with van der Waals surface area (Å²) in [4.78, 5) is 0. The molecule has 0 amide bonds. The molecule has 0 aliphatic rings. The molecule has 0 spiro atoms. The summed E-state index contributed by atoms with van der Waals surface area (Å²) in [7, 11) is 0. The van der Waals surface area contributed by atoms with Gasteiger partial charge >= 0.3 is 0 Å². The van der Waals surface area contributed by atoms with Crippen LogP contribution in [0.15, 0.2) is 30.3 Å². The molecular formula is C17H12N2O2. The summed E-state index contributed by atoms with van der Waals surface area (Å²) in [5, 5.41) is 37.4. The lowest BCUT2D eigenvalue weighted by molar-refractivity contribution is 0.402. The van der Waals surface area contributed by atoms with Crippen molar-refractivity contribution < 1.29 is 10.2 Å². The molecule has 0 bridgehead atoms. The van der Waals surface area contributed by atoms with Crippen molar-refractivity contribution in [3.05, 3.63) is 58.1 Å². The second kappa shape index (κ2) is 5.81. The van der Waals surface area contributed by atoms with Crippen LogP contribution in [-0.4, -0.2) is 10.2 Å². The Morgan fingerprint density at radius 3 is 2.24 bits per heavy atom. The molecule has 0 saturated heterocycles. The molecule has 0 saturated carbocycles. The maximum atomic E-state index is 9.72. The average Bonchev–Trinajstić information content (AvgIpc) is 2.49. The molecule has 0 aliphatic heterocycles. The van der Waals surface area contributed by atoms with Crippen LogP contribution in [0.1, 0.15) is 27.8 Å². The van der Waals surface area contributed by atoms with Gasteiger partial charge in [-0.25, -0.2) is 0 Å². The number of nitrogens with zero attached hydrogens (tertiary/aromatic N) is 2. The molecule has 0 aromatic heterocycles. The van der Waals surface area contributed by atoms with Gasteiger partial charge in [-0.2, -0.15) is 10.5 Å². The molecule has 0 heterocycles. The SMILES string of the molecule is Cc1ccc(C=Cc2c(C#N)cc(O)c(O)c2C#N)cc1. The fraction of sp³-hybridized carbons (Fsp3) is 0.0588. The Kier molecular flexibility index (Phi) is 3.92. The van der Waals surface area contributed by atoms with Gasteiger partial charge in [0.2, 0.25) is 0 Å². The first-order valence-electron chi connectivity index (χ1n) is 6.20. The van der Waals surface area contributed by atoms with Crippen LogP contribution >= 0.6 is 0 Å². The van der Waals surface area contributed by atoms with Crippen LogP contribution in [0.5, 0.6) is 11.5 Å². The average molecular weight is 276 g/mol. The highest BCUT2D eigenvalue weighted by Crippen LogP contribution is 2.34. The molecule has 4 nitrogen and oxygen atoms in total. The van der Waals surface area contributed by atoms with Crippen LogP contribution in [0.4, 0.5) is 0 Å². The normalized spacial score (nSPS) is 10.2. The number of benzene rings is 2. The maximum Gasteiger partial charge on any atom is 0.176 e. The van der Waals surface area contributed by atoms with Crippen molar-refractivity contribution in [1.82, 2.24) is 0 Å². The number of hydrogen-bond donors (Lipinski definition) is 2. The van der Waals surface area contributed by atoms with E-state index >= 15 is 0 Å². The zero-order valence-corrected chi connectivity index (χ0v) is 11.3. The molecule has 4 heteroatoms. The van der Waals surface area contributed by atoms with Gasteiger partial charge in [-0.05, 0) is 12.5 Å². The van der Waals surface area contributed by atoms with Crippen molar-refractivity contribution in [2.24, 2.45) is 0 Å². The monoisotopic (exact) mass is 276 g/mol. The molecule has 2 aromatic carbocycles. The Morgan fingerprint density at radius 2 is 1.67 bits per heavy atom. The first kappa shape index (κ1) is 14.2. The summed E-state index contributed by atoms with van der Waals surface area (Å²) in [5.41, 5.74) is 2.33. The molecular weight excluding hydrogens is 264 g/mol. The zero-order chi connectivity index (χ0) is 15.4. The van der Waals surface area contributed by atoms with E-state index in [9.17, 15) is 10.2 Å². The van der Waals surface area contributed by atoms with Gasteiger partial charge in [0.15, 0.2) is 11.5 Å². The van der Waals surface area contributed by atoms with E-state index in [1.54, 1.807) is 12.2 Å². The van der Waals surface area contributed by atoms with Crippen LogP contribution in [-0.2, 0) is 0 Å². The van der Waals surface area contributed by atoms with Crippen molar-refractivity contribution in [3.63, 3.8) is 0 Å². The fourth-order valence-electron chi connectivity index (χ4n) is 1.91. The van der Waals surface area contributed by atoms with E-state index in [0.717, 1.165) is 17.2 Å². The number of rotatable bonds is 2. The number of phenolic OH excluding ortho intramolecular Hbond substituents is 2. The van der Waals surface area contributed by atoms with Crippen molar-refractivity contribution in [1.29, 1.82) is 10.5 Å². The highest BCUT2D eigenvalue weighted by Gasteiger charge is 2.15. The van der Waals surface area contributed by atoms with E-state index in [1.807, 2.05) is 43.3 Å². The Hall–Kier alpha value is -3.24. The summed E-state index contributed by atoms with van der Waals surface area (Å²) in [5.74, 6) is -0.990. The lowest BCUT2D eigenvalue weighted by Crippen LogP contribution is -1.90. The van der Waals surface area contributed by atoms with Crippen LogP contribution in [0.3, 0.4) is 0 Å². The van der Waals surface area contributed by atoms with Crippen molar-refractivity contribution in [2.45, 2.75) is 6.92 Å². The lowest BCUT2D eigenvalue weighted by Gasteiger charge is -2.06. The third-order valence-corrected chi connectivity index (χ3v) is 3.07. The molecule has 2 rings (SSSR count). The van der Waals surface area contributed by atoms with Crippen LogP contribution in [0.2, 0.25) is 0 Å². The molecule has 102 valence electrons. The van der Waals surface area contributed by atoms with Crippen LogP contribution in [0, 0.1) is 29.6 Å². The van der Waals surface area contributed by atoms with Gasteiger partial charge in [0.1, 0.15) is 11.6 Å². The molecule has 2 N–H and O–H groups in total. The van der Waals surface area contributed by atoms with E-state index in [0.29, 0.717) is 0 Å². The predicted molar refractivity (Wildman–Crippen MR) is 79.3 cm³/mol. The second-order valence-corrected chi connectivity index (χ2v) is 4.55. The van der Waals surface area contributed by atoms with Gasteiger partial charge in [-0.3, -0.25) is 0 Å². The Morgan fingerprint density at radius 1 is 1.00 bits per heavy atom. The lowest BCUT2D eigenvalue weighted by atomic mass is 9.99. The Bertz CT molecular complexity index is 792. The first-order chi connectivity index (χ1) is 10.1. The molecule has 0 atom stereocenters. The smallest absolute Gasteiger partial charge is 0.176 e. The summed E-state index contributed by atoms with van der Waals surface area (Å²) in [6.45, 7) is 1.98. The second-order valence-electron chi connectivity index (χ2n) is 4.55. The standard InChI is InChI=1S/C17H12N2O2/c1-11-2-4-12(5-3-11)6-7-14-13(9-18)8-16(20)17(21)15(14)10-19/h2-8,20-21H,1H3. The first-order valence-corrected chi connectivity index (χ1v) is 6.20. The number of aromatic hydroxyl groups is 2. The minimum atomic E-state index is -0.514. The summed E-state index contributed by atoms with van der Waals surface area (Å²) >= 11 is 0. The molecule has 0 radical (unpaired) electrons. The topological polar surface area (TPSA) is 88.0 Å². The van der Waals surface area contributed by atoms with Crippen molar-refractivity contribution in [3.8, 4) is 23.6 Å². The number of phenols is 2. The van der Waals surface area contributed by atoms with Crippen molar-refractivity contribution in [2.75, 3.05) is 0 Å².